The van der Waals surface area contributed by atoms with E-state index in [1.165, 1.54) is 41.7 Å². The number of fused-ring (bicyclic) bond motifs is 3. The Hall–Kier alpha value is -2.14. The molecule has 3 heterocycles. The lowest BCUT2D eigenvalue weighted by molar-refractivity contribution is -0.134. The smallest absolute Gasteiger partial charge is 0.227 e. The van der Waals surface area contributed by atoms with Crippen LogP contribution < -0.4 is 4.90 Å². The van der Waals surface area contributed by atoms with Gasteiger partial charge in [0.05, 0.1) is 0 Å². The third kappa shape index (κ3) is 2.96. The van der Waals surface area contributed by atoms with Crippen LogP contribution in [0.3, 0.4) is 0 Å². The minimum atomic E-state index is 0.0952. The van der Waals surface area contributed by atoms with Gasteiger partial charge >= 0.3 is 0 Å². The van der Waals surface area contributed by atoms with E-state index in [0.29, 0.717) is 19.4 Å². The Labute approximate surface area is 170 Å². The van der Waals surface area contributed by atoms with Gasteiger partial charge in [-0.2, -0.15) is 0 Å². The average molecular weight is 395 g/mol. The van der Waals surface area contributed by atoms with E-state index in [2.05, 4.69) is 29.6 Å². The summed E-state index contributed by atoms with van der Waals surface area (Å²) in [5.74, 6) is 0.200. The number of hydrogen-bond acceptors (Lipinski definition) is 3. The van der Waals surface area contributed by atoms with Gasteiger partial charge in [0.1, 0.15) is 0 Å². The van der Waals surface area contributed by atoms with Gasteiger partial charge in [-0.3, -0.25) is 9.59 Å². The van der Waals surface area contributed by atoms with Gasteiger partial charge in [0, 0.05) is 48.5 Å². The molecule has 5 rings (SSSR count). The van der Waals surface area contributed by atoms with E-state index >= 15 is 0 Å². The monoisotopic (exact) mass is 394 g/mol. The Balaban J connectivity index is 1.25. The van der Waals surface area contributed by atoms with Gasteiger partial charge in [-0.05, 0) is 47.9 Å². The zero-order valence-corrected chi connectivity index (χ0v) is 17.0. The van der Waals surface area contributed by atoms with Crippen LogP contribution in [0.15, 0.2) is 35.7 Å². The van der Waals surface area contributed by atoms with E-state index in [4.69, 9.17) is 0 Å². The number of nitrogens with zero attached hydrogens (tertiary/aromatic N) is 2. The van der Waals surface area contributed by atoms with Gasteiger partial charge in [0.2, 0.25) is 11.8 Å². The zero-order valence-electron chi connectivity index (χ0n) is 16.2. The van der Waals surface area contributed by atoms with Crippen molar-refractivity contribution in [2.24, 2.45) is 0 Å². The standard InChI is InChI=1S/C23H26N2O2S/c26-21(24-13-9-20-17(15-24)10-14-28-20)7-8-22(27)25-16-23(11-3-4-12-23)18-5-1-2-6-19(18)25/h1-2,5-6,10,14H,3-4,7-9,11-13,15-16H2. The van der Waals surface area contributed by atoms with Crippen LogP contribution in [0.5, 0.6) is 0 Å². The average Bonchev–Trinajstić information content (AvgIpc) is 3.45. The number of thiophene rings is 1. The number of hydrogen-bond donors (Lipinski definition) is 0. The third-order valence-electron chi connectivity index (χ3n) is 6.80. The molecule has 1 saturated carbocycles. The van der Waals surface area contributed by atoms with Crippen LogP contribution >= 0.6 is 11.3 Å². The largest absolute Gasteiger partial charge is 0.338 e. The summed E-state index contributed by atoms with van der Waals surface area (Å²) in [6.45, 7) is 2.26. The van der Waals surface area contributed by atoms with Crippen LogP contribution in [0.2, 0.25) is 0 Å². The molecule has 0 N–H and O–H groups in total. The molecule has 4 nitrogen and oxygen atoms in total. The summed E-state index contributed by atoms with van der Waals surface area (Å²) in [4.78, 5) is 31.0. The normalized spacial score (nSPS) is 19.7. The summed E-state index contributed by atoms with van der Waals surface area (Å²) in [5, 5.41) is 2.10. The minimum Gasteiger partial charge on any atom is -0.338 e. The molecule has 5 heteroatoms. The maximum atomic E-state index is 13.0. The lowest BCUT2D eigenvalue weighted by Crippen LogP contribution is -2.38. The molecule has 1 aliphatic carbocycles. The number of carbonyl (C=O) groups excluding carboxylic acids is 2. The molecular formula is C23H26N2O2S. The molecule has 28 heavy (non-hydrogen) atoms. The number of carbonyl (C=O) groups is 2. The van der Waals surface area contributed by atoms with E-state index in [9.17, 15) is 9.59 Å². The third-order valence-corrected chi connectivity index (χ3v) is 7.82. The van der Waals surface area contributed by atoms with Crippen LogP contribution in [0.4, 0.5) is 5.69 Å². The van der Waals surface area contributed by atoms with Crippen molar-refractivity contribution in [2.45, 2.75) is 56.9 Å². The van der Waals surface area contributed by atoms with Crippen LogP contribution in [0.1, 0.15) is 54.5 Å². The second-order valence-corrected chi connectivity index (χ2v) is 9.42. The molecular weight excluding hydrogens is 368 g/mol. The van der Waals surface area contributed by atoms with Crippen LogP contribution in [0.25, 0.3) is 0 Å². The second-order valence-electron chi connectivity index (χ2n) is 8.42. The second kappa shape index (κ2) is 7.03. The highest BCUT2D eigenvalue weighted by Gasteiger charge is 2.45. The fourth-order valence-electron chi connectivity index (χ4n) is 5.30. The molecule has 0 unspecified atom stereocenters. The van der Waals surface area contributed by atoms with Crippen molar-refractivity contribution in [1.29, 1.82) is 0 Å². The Morgan fingerprint density at radius 3 is 2.68 bits per heavy atom. The van der Waals surface area contributed by atoms with E-state index in [-0.39, 0.29) is 17.2 Å². The first-order chi connectivity index (χ1) is 13.7. The Morgan fingerprint density at radius 1 is 1.04 bits per heavy atom. The van der Waals surface area contributed by atoms with E-state index < -0.39 is 0 Å². The van der Waals surface area contributed by atoms with Gasteiger partial charge in [0.25, 0.3) is 0 Å². The summed E-state index contributed by atoms with van der Waals surface area (Å²) in [5.41, 5.74) is 3.84. The molecule has 1 aromatic heterocycles. The molecule has 0 atom stereocenters. The lowest BCUT2D eigenvalue weighted by atomic mass is 9.81. The molecule has 3 aliphatic rings. The zero-order chi connectivity index (χ0) is 19.1. The Kier molecular flexibility index (Phi) is 4.50. The molecule has 1 fully saturated rings. The first-order valence-corrected chi connectivity index (χ1v) is 11.3. The van der Waals surface area contributed by atoms with Crippen LogP contribution in [0, 0.1) is 0 Å². The van der Waals surface area contributed by atoms with Crippen molar-refractivity contribution < 1.29 is 9.59 Å². The summed E-state index contributed by atoms with van der Waals surface area (Å²) in [6.07, 6.45) is 6.38. The lowest BCUT2D eigenvalue weighted by Gasteiger charge is -2.27. The minimum absolute atomic E-state index is 0.0952. The topological polar surface area (TPSA) is 40.6 Å². The fraction of sp³-hybridized carbons (Fsp3) is 0.478. The fourth-order valence-corrected chi connectivity index (χ4v) is 6.19. The first-order valence-electron chi connectivity index (χ1n) is 10.4. The Morgan fingerprint density at radius 2 is 1.82 bits per heavy atom. The number of para-hydroxylation sites is 1. The van der Waals surface area contributed by atoms with E-state index in [1.54, 1.807) is 11.3 Å². The number of benzene rings is 1. The Bertz CT molecular complexity index is 913. The van der Waals surface area contributed by atoms with Crippen molar-refractivity contribution in [3.8, 4) is 0 Å². The van der Waals surface area contributed by atoms with Crippen molar-refractivity contribution in [1.82, 2.24) is 4.90 Å². The highest BCUT2D eigenvalue weighted by Crippen LogP contribution is 2.50. The summed E-state index contributed by atoms with van der Waals surface area (Å²) < 4.78 is 0. The molecule has 0 saturated heterocycles. The van der Waals surface area contributed by atoms with Crippen molar-refractivity contribution in [3.63, 3.8) is 0 Å². The predicted octanol–water partition coefficient (Wildman–Crippen LogP) is 4.27. The van der Waals surface area contributed by atoms with E-state index in [0.717, 1.165) is 25.2 Å². The van der Waals surface area contributed by atoms with E-state index in [1.807, 2.05) is 15.9 Å². The predicted molar refractivity (Wildman–Crippen MR) is 112 cm³/mol. The quantitative estimate of drug-likeness (QED) is 0.780. The molecule has 1 aromatic carbocycles. The molecule has 2 aliphatic heterocycles. The maximum Gasteiger partial charge on any atom is 0.227 e. The van der Waals surface area contributed by atoms with Crippen LogP contribution in [-0.4, -0.2) is 29.8 Å². The molecule has 2 amide bonds. The van der Waals surface area contributed by atoms with Gasteiger partial charge in [-0.15, -0.1) is 11.3 Å². The molecule has 0 radical (unpaired) electrons. The highest BCUT2D eigenvalue weighted by molar-refractivity contribution is 7.10. The summed E-state index contributed by atoms with van der Waals surface area (Å²) >= 11 is 1.78. The highest BCUT2D eigenvalue weighted by atomic mass is 32.1. The van der Waals surface area contributed by atoms with Crippen LogP contribution in [-0.2, 0) is 28.0 Å². The summed E-state index contributed by atoms with van der Waals surface area (Å²) in [6, 6.07) is 10.5. The number of amides is 2. The van der Waals surface area contributed by atoms with Gasteiger partial charge in [0.15, 0.2) is 0 Å². The molecule has 0 bridgehead atoms. The molecule has 1 spiro atoms. The SMILES string of the molecule is O=C(CCC(=O)N1CC2(CCCC2)c2ccccc21)N1CCc2sccc2C1. The molecule has 2 aromatic rings. The van der Waals surface area contributed by atoms with Gasteiger partial charge in [-0.1, -0.05) is 31.0 Å². The van der Waals surface area contributed by atoms with Gasteiger partial charge < -0.3 is 9.80 Å². The van der Waals surface area contributed by atoms with Crippen molar-refractivity contribution in [2.75, 3.05) is 18.0 Å². The first kappa shape index (κ1) is 17.9. The number of anilines is 1. The van der Waals surface area contributed by atoms with Crippen molar-refractivity contribution >= 4 is 28.8 Å². The van der Waals surface area contributed by atoms with Crippen molar-refractivity contribution in [3.05, 3.63) is 51.7 Å². The number of rotatable bonds is 3. The maximum absolute atomic E-state index is 13.0. The molecule has 146 valence electrons. The van der Waals surface area contributed by atoms with Gasteiger partial charge in [-0.25, -0.2) is 0 Å². The summed E-state index contributed by atoms with van der Waals surface area (Å²) in [7, 11) is 0.